The lowest BCUT2D eigenvalue weighted by atomic mass is 10.2. The molecular formula is C13H16N4O2. The van der Waals surface area contributed by atoms with E-state index in [1.807, 2.05) is 18.2 Å². The SMILES string of the molecule is COc1ccc2nc(NC(=O)[C@@H]3CCCN3)[nH]c2c1. The molecule has 2 heterocycles. The van der Waals surface area contributed by atoms with E-state index < -0.39 is 0 Å². The van der Waals surface area contributed by atoms with Crippen LogP contribution in [0.25, 0.3) is 11.0 Å². The first-order valence-electron chi connectivity index (χ1n) is 6.34. The molecule has 0 bridgehead atoms. The topological polar surface area (TPSA) is 79.0 Å². The number of carbonyl (C=O) groups excluding carboxylic acids is 1. The molecule has 1 aliphatic rings. The minimum Gasteiger partial charge on any atom is -0.497 e. The van der Waals surface area contributed by atoms with E-state index in [1.165, 1.54) is 0 Å². The van der Waals surface area contributed by atoms with E-state index in [-0.39, 0.29) is 11.9 Å². The Hall–Kier alpha value is -2.08. The monoisotopic (exact) mass is 260 g/mol. The van der Waals surface area contributed by atoms with Crippen molar-refractivity contribution in [1.29, 1.82) is 0 Å². The zero-order chi connectivity index (χ0) is 13.2. The molecule has 6 heteroatoms. The molecular weight excluding hydrogens is 244 g/mol. The first-order valence-corrected chi connectivity index (χ1v) is 6.34. The number of carbonyl (C=O) groups is 1. The van der Waals surface area contributed by atoms with Gasteiger partial charge < -0.3 is 15.0 Å². The molecule has 3 N–H and O–H groups in total. The number of methoxy groups -OCH3 is 1. The maximum Gasteiger partial charge on any atom is 0.243 e. The lowest BCUT2D eigenvalue weighted by Gasteiger charge is -2.08. The number of hydrogen-bond donors (Lipinski definition) is 3. The summed E-state index contributed by atoms with van der Waals surface area (Å²) in [6, 6.07) is 5.44. The van der Waals surface area contributed by atoms with Gasteiger partial charge >= 0.3 is 0 Å². The molecule has 1 amide bonds. The Morgan fingerprint density at radius 2 is 2.42 bits per heavy atom. The molecule has 0 saturated carbocycles. The smallest absolute Gasteiger partial charge is 0.243 e. The Labute approximate surface area is 110 Å². The van der Waals surface area contributed by atoms with Gasteiger partial charge in [0.1, 0.15) is 5.75 Å². The zero-order valence-electron chi connectivity index (χ0n) is 10.7. The number of aromatic nitrogens is 2. The van der Waals surface area contributed by atoms with Crippen molar-refractivity contribution in [3.8, 4) is 5.75 Å². The summed E-state index contributed by atoms with van der Waals surface area (Å²) in [5.74, 6) is 1.19. The summed E-state index contributed by atoms with van der Waals surface area (Å²) in [6.07, 6.45) is 1.91. The second kappa shape index (κ2) is 4.89. The molecule has 0 aliphatic carbocycles. The van der Waals surface area contributed by atoms with E-state index in [2.05, 4.69) is 20.6 Å². The van der Waals surface area contributed by atoms with Gasteiger partial charge in [0.2, 0.25) is 11.9 Å². The number of imidazole rings is 1. The molecule has 1 aliphatic heterocycles. The Morgan fingerprint density at radius 3 is 3.16 bits per heavy atom. The number of fused-ring (bicyclic) bond motifs is 1. The van der Waals surface area contributed by atoms with E-state index >= 15 is 0 Å². The number of H-pyrrole nitrogens is 1. The van der Waals surface area contributed by atoms with Gasteiger partial charge in [0.15, 0.2) is 0 Å². The number of hydrogen-bond acceptors (Lipinski definition) is 4. The third kappa shape index (κ3) is 2.39. The van der Waals surface area contributed by atoms with Crippen molar-refractivity contribution in [2.24, 2.45) is 0 Å². The van der Waals surface area contributed by atoms with Crippen molar-refractivity contribution in [1.82, 2.24) is 15.3 Å². The molecule has 1 atom stereocenters. The zero-order valence-corrected chi connectivity index (χ0v) is 10.7. The fourth-order valence-electron chi connectivity index (χ4n) is 2.29. The highest BCUT2D eigenvalue weighted by Crippen LogP contribution is 2.20. The van der Waals surface area contributed by atoms with Gasteiger partial charge in [0, 0.05) is 6.07 Å². The van der Waals surface area contributed by atoms with Crippen LogP contribution < -0.4 is 15.4 Å². The van der Waals surface area contributed by atoms with Crippen molar-refractivity contribution in [2.75, 3.05) is 19.0 Å². The number of anilines is 1. The van der Waals surface area contributed by atoms with Crippen molar-refractivity contribution in [2.45, 2.75) is 18.9 Å². The maximum absolute atomic E-state index is 12.0. The van der Waals surface area contributed by atoms with Gasteiger partial charge in [-0.1, -0.05) is 0 Å². The lowest BCUT2D eigenvalue weighted by Crippen LogP contribution is -2.35. The van der Waals surface area contributed by atoms with Crippen LogP contribution >= 0.6 is 0 Å². The van der Waals surface area contributed by atoms with Crippen LogP contribution in [0.15, 0.2) is 18.2 Å². The fourth-order valence-corrected chi connectivity index (χ4v) is 2.29. The molecule has 3 rings (SSSR count). The summed E-state index contributed by atoms with van der Waals surface area (Å²) in [5, 5.41) is 5.96. The summed E-state index contributed by atoms with van der Waals surface area (Å²) in [5.41, 5.74) is 1.64. The summed E-state index contributed by atoms with van der Waals surface area (Å²) < 4.78 is 5.15. The van der Waals surface area contributed by atoms with Crippen molar-refractivity contribution < 1.29 is 9.53 Å². The largest absolute Gasteiger partial charge is 0.497 e. The third-order valence-corrected chi connectivity index (χ3v) is 3.31. The number of nitrogens with zero attached hydrogens (tertiary/aromatic N) is 1. The molecule has 100 valence electrons. The molecule has 6 nitrogen and oxygen atoms in total. The van der Waals surface area contributed by atoms with E-state index in [9.17, 15) is 4.79 Å². The van der Waals surface area contributed by atoms with Gasteiger partial charge in [-0.15, -0.1) is 0 Å². The van der Waals surface area contributed by atoms with E-state index in [1.54, 1.807) is 7.11 Å². The van der Waals surface area contributed by atoms with Crippen molar-refractivity contribution in [3.05, 3.63) is 18.2 Å². The van der Waals surface area contributed by atoms with Crippen LogP contribution in [0.2, 0.25) is 0 Å². The second-order valence-corrected chi connectivity index (χ2v) is 4.61. The minimum atomic E-state index is -0.109. The van der Waals surface area contributed by atoms with Gasteiger partial charge in [-0.2, -0.15) is 0 Å². The molecule has 0 radical (unpaired) electrons. The van der Waals surface area contributed by atoms with Crippen LogP contribution in [0, 0.1) is 0 Å². The van der Waals surface area contributed by atoms with Gasteiger partial charge in [0.25, 0.3) is 0 Å². The highest BCUT2D eigenvalue weighted by Gasteiger charge is 2.22. The van der Waals surface area contributed by atoms with Crippen LogP contribution in [-0.4, -0.2) is 35.6 Å². The molecule has 1 aromatic carbocycles. The Morgan fingerprint density at radius 1 is 1.53 bits per heavy atom. The first-order chi connectivity index (χ1) is 9.26. The Kier molecular flexibility index (Phi) is 3.08. The molecule has 19 heavy (non-hydrogen) atoms. The summed E-state index contributed by atoms with van der Waals surface area (Å²) in [6.45, 7) is 0.898. The van der Waals surface area contributed by atoms with Gasteiger partial charge in [0.05, 0.1) is 24.2 Å². The van der Waals surface area contributed by atoms with Gasteiger partial charge in [-0.3, -0.25) is 10.1 Å². The molecule has 0 unspecified atom stereocenters. The highest BCUT2D eigenvalue weighted by atomic mass is 16.5. The number of aromatic amines is 1. The first kappa shape index (κ1) is 12.0. The predicted octanol–water partition coefficient (Wildman–Crippen LogP) is 1.26. The van der Waals surface area contributed by atoms with Crippen LogP contribution in [0.5, 0.6) is 5.75 Å². The van der Waals surface area contributed by atoms with Crippen LogP contribution in [-0.2, 0) is 4.79 Å². The average molecular weight is 260 g/mol. The van der Waals surface area contributed by atoms with E-state index in [4.69, 9.17) is 4.74 Å². The molecule has 1 fully saturated rings. The van der Waals surface area contributed by atoms with Crippen molar-refractivity contribution >= 4 is 22.9 Å². The third-order valence-electron chi connectivity index (χ3n) is 3.31. The van der Waals surface area contributed by atoms with Crippen molar-refractivity contribution in [3.63, 3.8) is 0 Å². The molecule has 1 saturated heterocycles. The lowest BCUT2D eigenvalue weighted by molar-refractivity contribution is -0.117. The summed E-state index contributed by atoms with van der Waals surface area (Å²) in [7, 11) is 1.62. The number of nitrogens with one attached hydrogen (secondary N) is 3. The van der Waals surface area contributed by atoms with Crippen LogP contribution in [0.3, 0.4) is 0 Å². The van der Waals surface area contributed by atoms with E-state index in [0.717, 1.165) is 36.2 Å². The number of amides is 1. The number of rotatable bonds is 3. The standard InChI is InChI=1S/C13H16N4O2/c1-19-8-4-5-9-11(7-8)16-13(15-9)17-12(18)10-3-2-6-14-10/h4-5,7,10,14H,2-3,6H2,1H3,(H2,15,16,17,18)/t10-/m0/s1. The number of ether oxygens (including phenoxy) is 1. The van der Waals surface area contributed by atoms with Gasteiger partial charge in [-0.25, -0.2) is 4.98 Å². The highest BCUT2D eigenvalue weighted by molar-refractivity contribution is 5.95. The molecule has 0 spiro atoms. The normalized spacial score (nSPS) is 18.7. The van der Waals surface area contributed by atoms with E-state index in [0.29, 0.717) is 5.95 Å². The van der Waals surface area contributed by atoms with Crippen LogP contribution in [0.1, 0.15) is 12.8 Å². The molecule has 2 aromatic rings. The average Bonchev–Trinajstić information content (AvgIpc) is 3.06. The van der Waals surface area contributed by atoms with Crippen LogP contribution in [0.4, 0.5) is 5.95 Å². The maximum atomic E-state index is 12.0. The summed E-state index contributed by atoms with van der Waals surface area (Å²) in [4.78, 5) is 19.4. The van der Waals surface area contributed by atoms with Gasteiger partial charge in [-0.05, 0) is 31.5 Å². The summed E-state index contributed by atoms with van der Waals surface area (Å²) >= 11 is 0. The number of benzene rings is 1. The fraction of sp³-hybridized carbons (Fsp3) is 0.385. The predicted molar refractivity (Wildman–Crippen MR) is 72.3 cm³/mol. The second-order valence-electron chi connectivity index (χ2n) is 4.61. The minimum absolute atomic E-state index is 0.0384. The molecule has 1 aromatic heterocycles. The Balaban J connectivity index is 1.79. The quantitative estimate of drug-likeness (QED) is 0.776. The Bertz CT molecular complexity index is 602.